The van der Waals surface area contributed by atoms with Gasteiger partial charge < -0.3 is 14.2 Å². The number of likely N-dealkylation sites (N-methyl/N-ethyl adjacent to an activating group) is 1. The van der Waals surface area contributed by atoms with Crippen molar-refractivity contribution < 1.29 is 14.3 Å². The first-order valence-corrected chi connectivity index (χ1v) is 9.42. The molecule has 1 aromatic heterocycles. The van der Waals surface area contributed by atoms with E-state index < -0.39 is 12.1 Å². The van der Waals surface area contributed by atoms with Crippen molar-refractivity contribution in [2.75, 3.05) is 19.8 Å². The summed E-state index contributed by atoms with van der Waals surface area (Å²) in [6.45, 7) is 4.18. The van der Waals surface area contributed by atoms with Gasteiger partial charge in [0.05, 0.1) is 5.75 Å². The number of hydrogen-bond donors (Lipinski definition) is 0. The van der Waals surface area contributed by atoms with Gasteiger partial charge >= 0.3 is 5.97 Å². The fourth-order valence-corrected chi connectivity index (χ4v) is 3.17. The standard InChI is InChI=1S/C17H21ClN4O3S/c1-5-22-15(12-6-8-13(18)9-7-12)19-20-17(22)26-10-14(23)25-11(2)16(24)21(3)4/h6-9,11H,5,10H2,1-4H3/t11-/m1/s1. The van der Waals surface area contributed by atoms with Gasteiger partial charge in [-0.3, -0.25) is 9.59 Å². The van der Waals surface area contributed by atoms with Gasteiger partial charge in [-0.05, 0) is 38.1 Å². The highest BCUT2D eigenvalue weighted by molar-refractivity contribution is 7.99. The number of benzene rings is 1. The first-order chi connectivity index (χ1) is 12.3. The van der Waals surface area contributed by atoms with E-state index in [4.69, 9.17) is 16.3 Å². The fraction of sp³-hybridized carbons (Fsp3) is 0.412. The zero-order valence-corrected chi connectivity index (χ0v) is 16.7. The number of nitrogens with zero attached hydrogens (tertiary/aromatic N) is 4. The Labute approximate surface area is 161 Å². The Morgan fingerprint density at radius 3 is 2.50 bits per heavy atom. The molecule has 1 atom stereocenters. The second kappa shape index (κ2) is 9.05. The van der Waals surface area contributed by atoms with Crippen LogP contribution in [0.3, 0.4) is 0 Å². The van der Waals surface area contributed by atoms with Crippen LogP contribution < -0.4 is 0 Å². The van der Waals surface area contributed by atoms with Gasteiger partial charge in [0, 0.05) is 31.2 Å². The maximum Gasteiger partial charge on any atom is 0.317 e. The van der Waals surface area contributed by atoms with Crippen LogP contribution in [0, 0.1) is 0 Å². The van der Waals surface area contributed by atoms with E-state index in [0.717, 1.165) is 5.56 Å². The lowest BCUT2D eigenvalue weighted by Crippen LogP contribution is -2.35. The van der Waals surface area contributed by atoms with Crippen LogP contribution >= 0.6 is 23.4 Å². The van der Waals surface area contributed by atoms with Gasteiger partial charge in [0.2, 0.25) is 0 Å². The summed E-state index contributed by atoms with van der Waals surface area (Å²) in [5, 5.41) is 9.63. The quantitative estimate of drug-likeness (QED) is 0.529. The molecule has 140 valence electrons. The number of aromatic nitrogens is 3. The maximum absolute atomic E-state index is 12.0. The Morgan fingerprint density at radius 2 is 1.92 bits per heavy atom. The van der Waals surface area contributed by atoms with Gasteiger partial charge in [-0.15, -0.1) is 10.2 Å². The SMILES string of the molecule is CCn1c(SCC(=O)O[C@H](C)C(=O)N(C)C)nnc1-c1ccc(Cl)cc1. The van der Waals surface area contributed by atoms with E-state index in [1.807, 2.05) is 23.6 Å². The molecule has 0 unspecified atom stereocenters. The summed E-state index contributed by atoms with van der Waals surface area (Å²) in [7, 11) is 3.23. The molecule has 0 spiro atoms. The first kappa shape index (κ1) is 20.3. The Kier molecular flexibility index (Phi) is 7.05. The summed E-state index contributed by atoms with van der Waals surface area (Å²) in [5.74, 6) is 0.0155. The van der Waals surface area contributed by atoms with Crippen molar-refractivity contribution >= 4 is 35.2 Å². The van der Waals surface area contributed by atoms with Crippen LogP contribution in [0.15, 0.2) is 29.4 Å². The van der Waals surface area contributed by atoms with Gasteiger partial charge in [0.15, 0.2) is 17.1 Å². The zero-order valence-electron chi connectivity index (χ0n) is 15.1. The highest BCUT2D eigenvalue weighted by Gasteiger charge is 2.20. The van der Waals surface area contributed by atoms with Crippen LogP contribution in [-0.2, 0) is 20.9 Å². The summed E-state index contributed by atoms with van der Waals surface area (Å²) in [5.41, 5.74) is 0.892. The van der Waals surface area contributed by atoms with Crippen LogP contribution in [0.25, 0.3) is 11.4 Å². The van der Waals surface area contributed by atoms with E-state index in [-0.39, 0.29) is 11.7 Å². The Bertz CT molecular complexity index is 777. The van der Waals surface area contributed by atoms with Gasteiger partial charge in [0.1, 0.15) is 0 Å². The molecule has 0 aliphatic heterocycles. The third kappa shape index (κ3) is 4.98. The number of amides is 1. The molecule has 0 aliphatic rings. The highest BCUT2D eigenvalue weighted by atomic mass is 35.5. The minimum atomic E-state index is -0.813. The largest absolute Gasteiger partial charge is 0.452 e. The summed E-state index contributed by atoms with van der Waals surface area (Å²) in [6.07, 6.45) is -0.813. The van der Waals surface area contributed by atoms with Crippen molar-refractivity contribution in [3.05, 3.63) is 29.3 Å². The first-order valence-electron chi connectivity index (χ1n) is 8.06. The third-order valence-corrected chi connectivity index (χ3v) is 4.74. The molecule has 0 saturated carbocycles. The molecule has 1 amide bonds. The minimum Gasteiger partial charge on any atom is -0.452 e. The van der Waals surface area contributed by atoms with E-state index in [2.05, 4.69) is 10.2 Å². The van der Waals surface area contributed by atoms with Crippen molar-refractivity contribution in [2.45, 2.75) is 31.7 Å². The number of ether oxygens (including phenoxy) is 1. The fourth-order valence-electron chi connectivity index (χ4n) is 2.26. The topological polar surface area (TPSA) is 77.3 Å². The Morgan fingerprint density at radius 1 is 1.27 bits per heavy atom. The molecular weight excluding hydrogens is 376 g/mol. The van der Waals surface area contributed by atoms with E-state index in [9.17, 15) is 9.59 Å². The van der Waals surface area contributed by atoms with Crippen LogP contribution in [0.4, 0.5) is 0 Å². The molecule has 0 radical (unpaired) electrons. The molecule has 9 heteroatoms. The Balaban J connectivity index is 2.03. The number of hydrogen-bond acceptors (Lipinski definition) is 6. The molecule has 2 aromatic rings. The van der Waals surface area contributed by atoms with Gasteiger partial charge in [-0.1, -0.05) is 23.4 Å². The molecule has 26 heavy (non-hydrogen) atoms. The molecule has 0 fully saturated rings. The highest BCUT2D eigenvalue weighted by Crippen LogP contribution is 2.25. The normalized spacial score (nSPS) is 11.9. The third-order valence-electron chi connectivity index (χ3n) is 3.55. The van der Waals surface area contributed by atoms with Crippen molar-refractivity contribution in [3.63, 3.8) is 0 Å². The molecule has 7 nitrogen and oxygen atoms in total. The molecule has 1 aromatic carbocycles. The van der Waals surface area contributed by atoms with Crippen LogP contribution in [-0.4, -0.2) is 57.5 Å². The lowest BCUT2D eigenvalue weighted by atomic mass is 10.2. The van der Waals surface area contributed by atoms with Crippen LogP contribution in [0.5, 0.6) is 0 Å². The number of halogens is 1. The van der Waals surface area contributed by atoms with Crippen molar-refractivity contribution in [1.82, 2.24) is 19.7 Å². The van der Waals surface area contributed by atoms with E-state index in [1.165, 1.54) is 16.7 Å². The van der Waals surface area contributed by atoms with E-state index >= 15 is 0 Å². The summed E-state index contributed by atoms with van der Waals surface area (Å²) < 4.78 is 7.06. The van der Waals surface area contributed by atoms with Gasteiger partial charge in [-0.25, -0.2) is 0 Å². The lowest BCUT2D eigenvalue weighted by Gasteiger charge is -2.17. The van der Waals surface area contributed by atoms with Crippen LogP contribution in [0.1, 0.15) is 13.8 Å². The van der Waals surface area contributed by atoms with Crippen molar-refractivity contribution in [3.8, 4) is 11.4 Å². The number of carbonyl (C=O) groups excluding carboxylic acids is 2. The number of thioether (sulfide) groups is 1. The van der Waals surface area contributed by atoms with Gasteiger partial charge in [-0.2, -0.15) is 0 Å². The second-order valence-corrected chi connectivity index (χ2v) is 7.09. The molecule has 1 heterocycles. The molecule has 2 rings (SSSR count). The summed E-state index contributed by atoms with van der Waals surface area (Å²) in [4.78, 5) is 25.1. The van der Waals surface area contributed by atoms with Crippen molar-refractivity contribution in [2.24, 2.45) is 0 Å². The number of esters is 1. The summed E-state index contributed by atoms with van der Waals surface area (Å²) in [6, 6.07) is 7.32. The number of rotatable bonds is 7. The van der Waals surface area contributed by atoms with E-state index in [1.54, 1.807) is 33.2 Å². The number of carbonyl (C=O) groups is 2. The van der Waals surface area contributed by atoms with Gasteiger partial charge in [0.25, 0.3) is 5.91 Å². The molecular formula is C17H21ClN4O3S. The molecule has 0 saturated heterocycles. The van der Waals surface area contributed by atoms with Crippen LogP contribution in [0.2, 0.25) is 5.02 Å². The Hall–Kier alpha value is -2.06. The maximum atomic E-state index is 12.0. The predicted molar refractivity (Wildman–Crippen MR) is 101 cm³/mol. The second-order valence-electron chi connectivity index (χ2n) is 5.71. The molecule has 0 bridgehead atoms. The predicted octanol–water partition coefficient (Wildman–Crippen LogP) is 2.73. The van der Waals surface area contributed by atoms with Crippen molar-refractivity contribution in [1.29, 1.82) is 0 Å². The van der Waals surface area contributed by atoms with E-state index in [0.29, 0.717) is 22.5 Å². The smallest absolute Gasteiger partial charge is 0.317 e. The average Bonchev–Trinajstić information content (AvgIpc) is 3.02. The average molecular weight is 397 g/mol. The lowest BCUT2D eigenvalue weighted by molar-refractivity contribution is -0.155. The molecule has 0 aliphatic carbocycles. The summed E-state index contributed by atoms with van der Waals surface area (Å²) >= 11 is 7.14. The minimum absolute atomic E-state index is 0.0454. The molecule has 0 N–H and O–H groups in total. The monoisotopic (exact) mass is 396 g/mol. The zero-order chi connectivity index (χ0) is 19.3.